The predicted molar refractivity (Wildman–Crippen MR) is 71.6 cm³/mol. The van der Waals surface area contributed by atoms with E-state index in [0.717, 1.165) is 5.69 Å². The number of nitrogens with one attached hydrogen (secondary N) is 2. The second-order valence-electron chi connectivity index (χ2n) is 4.17. The molecule has 0 radical (unpaired) electrons. The van der Waals surface area contributed by atoms with Crippen LogP contribution in [0, 0.1) is 0 Å². The number of hydrogen-bond donors (Lipinski definition) is 2. The lowest BCUT2D eigenvalue weighted by Gasteiger charge is -2.11. The van der Waals surface area contributed by atoms with E-state index in [-0.39, 0.29) is 0 Å². The lowest BCUT2D eigenvalue weighted by atomic mass is 10.2. The van der Waals surface area contributed by atoms with Crippen LogP contribution in [0.1, 0.15) is 6.42 Å². The smallest absolute Gasteiger partial charge is 0.401 e. The van der Waals surface area contributed by atoms with Crippen LogP contribution in [0.2, 0.25) is 0 Å². The van der Waals surface area contributed by atoms with Gasteiger partial charge in [0.2, 0.25) is 0 Å². The first-order valence-electron chi connectivity index (χ1n) is 6.19. The predicted octanol–water partition coefficient (Wildman–Crippen LogP) is 2.66. The number of methoxy groups -OCH3 is 2. The molecule has 0 bridgehead atoms. The zero-order valence-corrected chi connectivity index (χ0v) is 11.5. The van der Waals surface area contributed by atoms with Crippen molar-refractivity contribution in [3.8, 4) is 11.5 Å². The molecule has 0 saturated heterocycles. The van der Waals surface area contributed by atoms with E-state index in [2.05, 4.69) is 10.6 Å². The number of anilines is 1. The van der Waals surface area contributed by atoms with E-state index in [0.29, 0.717) is 31.0 Å². The second kappa shape index (κ2) is 7.84. The Morgan fingerprint density at radius 3 is 2.10 bits per heavy atom. The maximum Gasteiger partial charge on any atom is 0.401 e. The summed E-state index contributed by atoms with van der Waals surface area (Å²) >= 11 is 0. The monoisotopic (exact) mass is 292 g/mol. The molecule has 0 aromatic heterocycles. The van der Waals surface area contributed by atoms with Gasteiger partial charge < -0.3 is 20.1 Å². The first-order chi connectivity index (χ1) is 9.44. The van der Waals surface area contributed by atoms with E-state index in [9.17, 15) is 13.2 Å². The Kier molecular flexibility index (Phi) is 6.44. The molecule has 0 amide bonds. The summed E-state index contributed by atoms with van der Waals surface area (Å²) in [4.78, 5) is 0. The van der Waals surface area contributed by atoms with Gasteiger partial charge in [-0.25, -0.2) is 0 Å². The van der Waals surface area contributed by atoms with Crippen molar-refractivity contribution in [3.05, 3.63) is 18.2 Å². The van der Waals surface area contributed by atoms with Crippen molar-refractivity contribution in [2.45, 2.75) is 12.6 Å². The van der Waals surface area contributed by atoms with Gasteiger partial charge in [-0.3, -0.25) is 0 Å². The Labute approximate surface area is 116 Å². The van der Waals surface area contributed by atoms with Crippen molar-refractivity contribution in [1.82, 2.24) is 5.32 Å². The average Bonchev–Trinajstić information content (AvgIpc) is 2.41. The molecule has 0 spiro atoms. The summed E-state index contributed by atoms with van der Waals surface area (Å²) in [5, 5.41) is 5.45. The number of rotatable bonds is 8. The third kappa shape index (κ3) is 6.51. The minimum absolute atomic E-state index is 0.299. The van der Waals surface area contributed by atoms with Crippen molar-refractivity contribution in [2.75, 3.05) is 39.2 Å². The lowest BCUT2D eigenvalue weighted by Crippen LogP contribution is -2.30. The Bertz CT molecular complexity index is 389. The molecule has 1 aromatic rings. The van der Waals surface area contributed by atoms with Crippen LogP contribution < -0.4 is 20.1 Å². The van der Waals surface area contributed by atoms with Crippen LogP contribution in [0.3, 0.4) is 0 Å². The summed E-state index contributed by atoms with van der Waals surface area (Å²) in [5.41, 5.74) is 0.803. The number of alkyl halides is 3. The van der Waals surface area contributed by atoms with Gasteiger partial charge in [-0.2, -0.15) is 13.2 Å². The normalized spacial score (nSPS) is 11.2. The van der Waals surface area contributed by atoms with Crippen LogP contribution in [0.15, 0.2) is 18.2 Å². The average molecular weight is 292 g/mol. The molecule has 0 heterocycles. The molecule has 0 fully saturated rings. The zero-order chi connectivity index (χ0) is 15.0. The van der Waals surface area contributed by atoms with Crippen LogP contribution in [0.25, 0.3) is 0 Å². The van der Waals surface area contributed by atoms with E-state index >= 15 is 0 Å². The lowest BCUT2D eigenvalue weighted by molar-refractivity contribution is -0.124. The Morgan fingerprint density at radius 2 is 1.60 bits per heavy atom. The second-order valence-corrected chi connectivity index (χ2v) is 4.17. The Balaban J connectivity index is 2.31. The van der Waals surface area contributed by atoms with Gasteiger partial charge in [0.25, 0.3) is 0 Å². The third-order valence-corrected chi connectivity index (χ3v) is 2.54. The molecule has 114 valence electrons. The molecule has 0 aliphatic carbocycles. The molecular weight excluding hydrogens is 273 g/mol. The number of halogens is 3. The molecule has 4 nitrogen and oxygen atoms in total. The van der Waals surface area contributed by atoms with Gasteiger partial charge >= 0.3 is 6.18 Å². The Morgan fingerprint density at radius 1 is 1.00 bits per heavy atom. The minimum atomic E-state index is -4.16. The first-order valence-corrected chi connectivity index (χ1v) is 6.19. The molecule has 0 unspecified atom stereocenters. The molecule has 0 aliphatic rings. The van der Waals surface area contributed by atoms with Crippen molar-refractivity contribution in [1.29, 1.82) is 0 Å². The zero-order valence-electron chi connectivity index (χ0n) is 11.5. The standard InChI is InChI=1S/C13H19F3N2O2/c1-19-11-6-10(7-12(8-11)20-2)18-5-3-4-17-9-13(14,15)16/h6-8,17-18H,3-5,9H2,1-2H3. The van der Waals surface area contributed by atoms with E-state index < -0.39 is 12.7 Å². The molecule has 1 rings (SSSR count). The Hall–Kier alpha value is -1.63. The quantitative estimate of drug-likeness (QED) is 0.723. The van der Waals surface area contributed by atoms with Gasteiger partial charge in [0.1, 0.15) is 11.5 Å². The number of benzene rings is 1. The molecule has 0 saturated carbocycles. The maximum absolute atomic E-state index is 11.9. The summed E-state index contributed by atoms with van der Waals surface area (Å²) in [5.74, 6) is 1.31. The fourth-order valence-corrected chi connectivity index (χ4v) is 1.59. The van der Waals surface area contributed by atoms with Crippen LogP contribution in [0.5, 0.6) is 11.5 Å². The summed E-state index contributed by atoms with van der Waals surface area (Å²) in [6.45, 7) is -0.102. The van der Waals surface area contributed by atoms with Gasteiger partial charge in [-0.1, -0.05) is 0 Å². The van der Waals surface area contributed by atoms with Crippen molar-refractivity contribution >= 4 is 5.69 Å². The molecule has 7 heteroatoms. The van der Waals surface area contributed by atoms with Gasteiger partial charge in [-0.15, -0.1) is 0 Å². The molecule has 0 aliphatic heterocycles. The maximum atomic E-state index is 11.9. The third-order valence-electron chi connectivity index (χ3n) is 2.54. The van der Waals surface area contributed by atoms with Crippen LogP contribution in [-0.2, 0) is 0 Å². The van der Waals surface area contributed by atoms with Gasteiger partial charge in [0.15, 0.2) is 0 Å². The molecule has 1 aromatic carbocycles. The molecular formula is C13H19F3N2O2. The molecule has 0 atom stereocenters. The highest BCUT2D eigenvalue weighted by atomic mass is 19.4. The van der Waals surface area contributed by atoms with E-state index in [4.69, 9.17) is 9.47 Å². The highest BCUT2D eigenvalue weighted by molar-refractivity contribution is 5.53. The van der Waals surface area contributed by atoms with E-state index in [1.165, 1.54) is 0 Å². The summed E-state index contributed by atoms with van der Waals surface area (Å²) in [6, 6.07) is 5.34. The highest BCUT2D eigenvalue weighted by Gasteiger charge is 2.25. The number of hydrogen-bond acceptors (Lipinski definition) is 4. The fraction of sp³-hybridized carbons (Fsp3) is 0.538. The van der Waals surface area contributed by atoms with Gasteiger partial charge in [0, 0.05) is 30.4 Å². The first kappa shape index (κ1) is 16.4. The van der Waals surface area contributed by atoms with Gasteiger partial charge in [-0.05, 0) is 13.0 Å². The fourth-order valence-electron chi connectivity index (χ4n) is 1.59. The van der Waals surface area contributed by atoms with Crippen LogP contribution in [-0.4, -0.2) is 40.0 Å². The largest absolute Gasteiger partial charge is 0.497 e. The van der Waals surface area contributed by atoms with Crippen LogP contribution in [0.4, 0.5) is 18.9 Å². The summed E-state index contributed by atoms with van der Waals surface area (Å²) in [7, 11) is 3.11. The summed E-state index contributed by atoms with van der Waals surface area (Å²) in [6.07, 6.45) is -3.58. The van der Waals surface area contributed by atoms with Crippen molar-refractivity contribution in [2.24, 2.45) is 0 Å². The highest BCUT2D eigenvalue weighted by Crippen LogP contribution is 2.25. The van der Waals surface area contributed by atoms with Crippen LogP contribution >= 0.6 is 0 Å². The molecule has 20 heavy (non-hydrogen) atoms. The SMILES string of the molecule is COc1cc(NCCCNCC(F)(F)F)cc(OC)c1. The van der Waals surface area contributed by atoms with E-state index in [1.807, 2.05) is 0 Å². The van der Waals surface area contributed by atoms with Gasteiger partial charge in [0.05, 0.1) is 20.8 Å². The minimum Gasteiger partial charge on any atom is -0.497 e. The van der Waals surface area contributed by atoms with Crippen molar-refractivity contribution in [3.63, 3.8) is 0 Å². The van der Waals surface area contributed by atoms with Crippen molar-refractivity contribution < 1.29 is 22.6 Å². The molecule has 2 N–H and O–H groups in total. The number of ether oxygens (including phenoxy) is 2. The van der Waals surface area contributed by atoms with E-state index in [1.54, 1.807) is 32.4 Å². The summed E-state index contributed by atoms with van der Waals surface area (Å²) < 4.78 is 45.9. The topological polar surface area (TPSA) is 42.5 Å².